The SMILES string of the molecule is CNc1ccccc1S(=O)(=O)NCC(C)C(C)C. The van der Waals surface area contributed by atoms with Crippen molar-refractivity contribution in [3.05, 3.63) is 24.3 Å². The molecule has 0 aliphatic carbocycles. The monoisotopic (exact) mass is 270 g/mol. The minimum absolute atomic E-state index is 0.295. The average molecular weight is 270 g/mol. The largest absolute Gasteiger partial charge is 0.387 e. The normalized spacial score (nSPS) is 13.6. The lowest BCUT2D eigenvalue weighted by Crippen LogP contribution is -2.30. The second-order valence-corrected chi connectivity index (χ2v) is 6.55. The first-order valence-corrected chi connectivity index (χ1v) is 7.63. The highest BCUT2D eigenvalue weighted by Gasteiger charge is 2.19. The number of hydrogen-bond donors (Lipinski definition) is 2. The molecule has 0 heterocycles. The highest BCUT2D eigenvalue weighted by Crippen LogP contribution is 2.20. The van der Waals surface area contributed by atoms with Gasteiger partial charge < -0.3 is 5.32 Å². The van der Waals surface area contributed by atoms with Gasteiger partial charge in [0.15, 0.2) is 0 Å². The molecule has 2 N–H and O–H groups in total. The van der Waals surface area contributed by atoms with E-state index in [-0.39, 0.29) is 0 Å². The van der Waals surface area contributed by atoms with Gasteiger partial charge in [0.25, 0.3) is 0 Å². The van der Waals surface area contributed by atoms with Gasteiger partial charge in [-0.15, -0.1) is 0 Å². The molecule has 0 fully saturated rings. The van der Waals surface area contributed by atoms with Crippen molar-refractivity contribution in [2.75, 3.05) is 18.9 Å². The van der Waals surface area contributed by atoms with Crippen LogP contribution in [-0.4, -0.2) is 22.0 Å². The molecule has 4 nitrogen and oxygen atoms in total. The molecule has 0 saturated carbocycles. The summed E-state index contributed by atoms with van der Waals surface area (Å²) in [6, 6.07) is 6.89. The molecule has 102 valence electrons. The molecule has 5 heteroatoms. The summed E-state index contributed by atoms with van der Waals surface area (Å²) in [6.07, 6.45) is 0. The molecule has 18 heavy (non-hydrogen) atoms. The van der Waals surface area contributed by atoms with Gasteiger partial charge in [0, 0.05) is 13.6 Å². The van der Waals surface area contributed by atoms with Crippen LogP contribution in [0.4, 0.5) is 5.69 Å². The van der Waals surface area contributed by atoms with Gasteiger partial charge in [-0.2, -0.15) is 0 Å². The van der Waals surface area contributed by atoms with Gasteiger partial charge in [0.05, 0.1) is 5.69 Å². The van der Waals surface area contributed by atoms with Crippen LogP contribution < -0.4 is 10.0 Å². The van der Waals surface area contributed by atoms with E-state index in [1.54, 1.807) is 25.2 Å². The van der Waals surface area contributed by atoms with Crippen molar-refractivity contribution in [1.82, 2.24) is 4.72 Å². The molecule has 0 amide bonds. The van der Waals surface area contributed by atoms with Crippen molar-refractivity contribution in [1.29, 1.82) is 0 Å². The first-order chi connectivity index (χ1) is 8.38. The molecular formula is C13H22N2O2S. The Kier molecular flexibility index (Phi) is 5.16. The summed E-state index contributed by atoms with van der Waals surface area (Å²) < 4.78 is 27.0. The van der Waals surface area contributed by atoms with E-state index >= 15 is 0 Å². The Hall–Kier alpha value is -1.07. The predicted octanol–water partition coefficient (Wildman–Crippen LogP) is 2.30. The van der Waals surface area contributed by atoms with E-state index in [9.17, 15) is 8.42 Å². The molecule has 1 aromatic carbocycles. The Morgan fingerprint density at radius 3 is 2.33 bits per heavy atom. The molecule has 1 atom stereocenters. The Morgan fingerprint density at radius 2 is 1.78 bits per heavy atom. The molecule has 0 radical (unpaired) electrons. The quantitative estimate of drug-likeness (QED) is 0.834. The molecule has 0 spiro atoms. The number of nitrogens with one attached hydrogen (secondary N) is 2. The zero-order valence-electron chi connectivity index (χ0n) is 11.4. The first-order valence-electron chi connectivity index (χ1n) is 6.15. The second-order valence-electron chi connectivity index (χ2n) is 4.82. The van der Waals surface area contributed by atoms with E-state index in [0.29, 0.717) is 29.0 Å². The summed E-state index contributed by atoms with van der Waals surface area (Å²) in [5, 5.41) is 2.89. The zero-order valence-corrected chi connectivity index (χ0v) is 12.2. The smallest absolute Gasteiger partial charge is 0.242 e. The fourth-order valence-corrected chi connectivity index (χ4v) is 2.82. The van der Waals surface area contributed by atoms with Crippen molar-refractivity contribution < 1.29 is 8.42 Å². The van der Waals surface area contributed by atoms with E-state index in [1.165, 1.54) is 0 Å². The molecule has 0 bridgehead atoms. The molecule has 0 aliphatic rings. The Labute approximate surface area is 110 Å². The van der Waals surface area contributed by atoms with Crippen molar-refractivity contribution in [2.24, 2.45) is 11.8 Å². The predicted molar refractivity (Wildman–Crippen MR) is 75.2 cm³/mol. The maximum Gasteiger partial charge on any atom is 0.242 e. The van der Waals surface area contributed by atoms with Crippen LogP contribution in [0.25, 0.3) is 0 Å². The standard InChI is InChI=1S/C13H22N2O2S/c1-10(2)11(3)9-15-18(16,17)13-8-6-5-7-12(13)14-4/h5-8,10-11,14-15H,9H2,1-4H3. The minimum atomic E-state index is -3.44. The topological polar surface area (TPSA) is 58.2 Å². The second kappa shape index (κ2) is 6.20. The number of sulfonamides is 1. The highest BCUT2D eigenvalue weighted by atomic mass is 32.2. The summed E-state index contributed by atoms with van der Waals surface area (Å²) in [5.41, 5.74) is 0.613. The fourth-order valence-electron chi connectivity index (χ4n) is 1.46. The molecular weight excluding hydrogens is 248 g/mol. The van der Waals surface area contributed by atoms with Crippen LogP contribution in [0.2, 0.25) is 0 Å². The van der Waals surface area contributed by atoms with Crippen molar-refractivity contribution in [2.45, 2.75) is 25.7 Å². The number of hydrogen-bond acceptors (Lipinski definition) is 3. The van der Waals surface area contributed by atoms with Crippen molar-refractivity contribution in [3.63, 3.8) is 0 Å². The van der Waals surface area contributed by atoms with Crippen LogP contribution >= 0.6 is 0 Å². The molecule has 0 aliphatic heterocycles. The van der Waals surface area contributed by atoms with Crippen LogP contribution in [0.3, 0.4) is 0 Å². The van der Waals surface area contributed by atoms with E-state index in [1.807, 2.05) is 13.0 Å². The first kappa shape index (κ1) is 15.0. The van der Waals surface area contributed by atoms with E-state index in [0.717, 1.165) is 0 Å². The van der Waals surface area contributed by atoms with Crippen LogP contribution in [0.15, 0.2) is 29.2 Å². The Bertz CT molecular complexity index is 484. The number of para-hydroxylation sites is 1. The number of rotatable bonds is 6. The Balaban J connectivity index is 2.87. The van der Waals surface area contributed by atoms with E-state index < -0.39 is 10.0 Å². The van der Waals surface area contributed by atoms with Gasteiger partial charge >= 0.3 is 0 Å². The van der Waals surface area contributed by atoms with Gasteiger partial charge in [-0.1, -0.05) is 32.9 Å². The lowest BCUT2D eigenvalue weighted by Gasteiger charge is -2.17. The molecule has 0 aromatic heterocycles. The van der Waals surface area contributed by atoms with Gasteiger partial charge in [-0.3, -0.25) is 0 Å². The maximum absolute atomic E-state index is 12.2. The Morgan fingerprint density at radius 1 is 1.17 bits per heavy atom. The van der Waals surface area contributed by atoms with Gasteiger partial charge in [0.2, 0.25) is 10.0 Å². The molecule has 1 rings (SSSR count). The fraction of sp³-hybridized carbons (Fsp3) is 0.538. The highest BCUT2D eigenvalue weighted by molar-refractivity contribution is 7.89. The van der Waals surface area contributed by atoms with Gasteiger partial charge in [-0.25, -0.2) is 13.1 Å². The average Bonchev–Trinajstić information content (AvgIpc) is 2.35. The van der Waals surface area contributed by atoms with Crippen LogP contribution in [-0.2, 0) is 10.0 Å². The third-order valence-corrected chi connectivity index (χ3v) is 4.66. The third-order valence-electron chi connectivity index (χ3n) is 3.18. The molecule has 0 saturated heterocycles. The zero-order chi connectivity index (χ0) is 13.8. The third kappa shape index (κ3) is 3.71. The minimum Gasteiger partial charge on any atom is -0.387 e. The van der Waals surface area contributed by atoms with Crippen LogP contribution in [0.1, 0.15) is 20.8 Å². The van der Waals surface area contributed by atoms with Gasteiger partial charge in [-0.05, 0) is 24.0 Å². The summed E-state index contributed by atoms with van der Waals surface area (Å²) >= 11 is 0. The summed E-state index contributed by atoms with van der Waals surface area (Å²) in [7, 11) is -1.73. The van der Waals surface area contributed by atoms with Crippen LogP contribution in [0.5, 0.6) is 0 Å². The van der Waals surface area contributed by atoms with Crippen molar-refractivity contribution >= 4 is 15.7 Å². The van der Waals surface area contributed by atoms with Crippen LogP contribution in [0, 0.1) is 11.8 Å². The lowest BCUT2D eigenvalue weighted by atomic mass is 9.99. The summed E-state index contributed by atoms with van der Waals surface area (Å²) in [6.45, 7) is 6.66. The number of anilines is 1. The summed E-state index contributed by atoms with van der Waals surface area (Å²) in [4.78, 5) is 0.295. The van der Waals surface area contributed by atoms with Crippen molar-refractivity contribution in [3.8, 4) is 0 Å². The van der Waals surface area contributed by atoms with E-state index in [4.69, 9.17) is 0 Å². The molecule has 1 unspecified atom stereocenters. The number of benzene rings is 1. The maximum atomic E-state index is 12.2. The van der Waals surface area contributed by atoms with Gasteiger partial charge in [0.1, 0.15) is 4.90 Å². The summed E-state index contributed by atoms with van der Waals surface area (Å²) in [5.74, 6) is 0.758. The van der Waals surface area contributed by atoms with E-state index in [2.05, 4.69) is 23.9 Å². The molecule has 1 aromatic rings. The lowest BCUT2D eigenvalue weighted by molar-refractivity contribution is 0.414.